The van der Waals surface area contributed by atoms with Crippen molar-refractivity contribution in [2.24, 2.45) is 0 Å². The van der Waals surface area contributed by atoms with Gasteiger partial charge in [-0.05, 0) is 25.5 Å². The number of nitrogens with one attached hydrogen (secondary N) is 2. The minimum absolute atomic E-state index is 0.207. The van der Waals surface area contributed by atoms with Gasteiger partial charge in [0.15, 0.2) is 5.82 Å². The molecule has 2 amide bonds. The summed E-state index contributed by atoms with van der Waals surface area (Å²) in [4.78, 5) is 11.8. The molecule has 0 spiro atoms. The van der Waals surface area contributed by atoms with E-state index in [1.807, 2.05) is 42.7 Å². The fourth-order valence-corrected chi connectivity index (χ4v) is 1.89. The lowest BCUT2D eigenvalue weighted by atomic mass is 10.1. The summed E-state index contributed by atoms with van der Waals surface area (Å²) in [5.41, 5.74) is 1.59. The molecule has 1 aromatic heterocycles. The first-order chi connectivity index (χ1) is 9.76. The molecule has 0 aliphatic carbocycles. The molecule has 0 saturated heterocycles. The Hall–Kier alpha value is -2.37. The molecule has 0 aliphatic heterocycles. The molecule has 0 aliphatic rings. The lowest BCUT2D eigenvalue weighted by Gasteiger charge is -2.11. The van der Waals surface area contributed by atoms with E-state index < -0.39 is 0 Å². The largest absolute Gasteiger partial charge is 0.338 e. The molecule has 20 heavy (non-hydrogen) atoms. The average Bonchev–Trinajstić information content (AvgIpc) is 2.94. The van der Waals surface area contributed by atoms with Gasteiger partial charge < -0.3 is 15.2 Å². The van der Waals surface area contributed by atoms with Crippen LogP contribution in [0.3, 0.4) is 0 Å². The Balaban J connectivity index is 2.25. The van der Waals surface area contributed by atoms with Crippen LogP contribution in [-0.2, 0) is 6.54 Å². The smallest absolute Gasteiger partial charge is 0.319 e. The molecule has 6 nitrogen and oxygen atoms in total. The summed E-state index contributed by atoms with van der Waals surface area (Å²) in [6, 6.07) is 7.37. The van der Waals surface area contributed by atoms with Crippen molar-refractivity contribution in [3.8, 4) is 11.4 Å². The maximum atomic E-state index is 11.8. The summed E-state index contributed by atoms with van der Waals surface area (Å²) in [7, 11) is 0. The Labute approximate surface area is 118 Å². The Morgan fingerprint density at radius 2 is 2.10 bits per heavy atom. The number of para-hydroxylation sites is 1. The molecule has 106 valence electrons. The number of hydrogen-bond donors (Lipinski definition) is 2. The third-order valence-electron chi connectivity index (χ3n) is 2.91. The Morgan fingerprint density at radius 1 is 1.30 bits per heavy atom. The van der Waals surface area contributed by atoms with Crippen molar-refractivity contribution in [1.29, 1.82) is 0 Å². The Bertz CT molecular complexity index is 578. The summed E-state index contributed by atoms with van der Waals surface area (Å²) < 4.78 is 1.93. The van der Waals surface area contributed by atoms with Gasteiger partial charge in [0.05, 0.1) is 5.69 Å². The number of rotatable bonds is 5. The number of hydrogen-bond acceptors (Lipinski definition) is 3. The maximum absolute atomic E-state index is 11.8. The van der Waals surface area contributed by atoms with Crippen LogP contribution < -0.4 is 10.6 Å². The van der Waals surface area contributed by atoms with E-state index in [0.717, 1.165) is 30.0 Å². The zero-order valence-corrected chi connectivity index (χ0v) is 11.8. The van der Waals surface area contributed by atoms with Crippen LogP contribution in [0.25, 0.3) is 11.4 Å². The van der Waals surface area contributed by atoms with E-state index in [1.165, 1.54) is 0 Å². The minimum Gasteiger partial charge on any atom is -0.338 e. The number of nitrogens with zero attached hydrogens (tertiary/aromatic N) is 3. The van der Waals surface area contributed by atoms with Crippen molar-refractivity contribution in [1.82, 2.24) is 20.1 Å². The second-order valence-electron chi connectivity index (χ2n) is 4.37. The van der Waals surface area contributed by atoms with E-state index in [0.29, 0.717) is 6.54 Å². The number of urea groups is 1. The molecule has 2 aromatic rings. The number of anilines is 1. The van der Waals surface area contributed by atoms with Crippen LogP contribution in [0, 0.1) is 0 Å². The molecule has 0 bridgehead atoms. The van der Waals surface area contributed by atoms with Gasteiger partial charge in [0, 0.05) is 18.7 Å². The first kappa shape index (κ1) is 14.0. The summed E-state index contributed by atoms with van der Waals surface area (Å²) >= 11 is 0. The number of benzene rings is 1. The molecule has 2 rings (SSSR count). The van der Waals surface area contributed by atoms with Crippen molar-refractivity contribution in [2.75, 3.05) is 11.9 Å². The third kappa shape index (κ3) is 3.14. The maximum Gasteiger partial charge on any atom is 0.319 e. The lowest BCUT2D eigenvalue weighted by molar-refractivity contribution is 0.252. The molecule has 0 radical (unpaired) electrons. The van der Waals surface area contributed by atoms with Crippen LogP contribution in [0.1, 0.15) is 20.3 Å². The molecule has 0 saturated carbocycles. The van der Waals surface area contributed by atoms with Gasteiger partial charge in [-0.25, -0.2) is 4.79 Å². The fraction of sp³-hybridized carbons (Fsp3) is 0.357. The summed E-state index contributed by atoms with van der Waals surface area (Å²) in [5.74, 6) is 0.749. The third-order valence-corrected chi connectivity index (χ3v) is 2.91. The SMILES string of the molecule is CCCNC(=O)Nc1ccccc1-c1nncn1CC. The van der Waals surface area contributed by atoms with Gasteiger partial charge in [0.2, 0.25) is 0 Å². The number of carbonyl (C=O) groups excluding carboxylic acids is 1. The molecule has 6 heteroatoms. The topological polar surface area (TPSA) is 71.8 Å². The second-order valence-corrected chi connectivity index (χ2v) is 4.37. The highest BCUT2D eigenvalue weighted by atomic mass is 16.2. The molecule has 0 atom stereocenters. The predicted octanol–water partition coefficient (Wildman–Crippen LogP) is 2.50. The van der Waals surface area contributed by atoms with E-state index in [4.69, 9.17) is 0 Å². The van der Waals surface area contributed by atoms with Crippen molar-refractivity contribution in [2.45, 2.75) is 26.8 Å². The summed E-state index contributed by atoms with van der Waals surface area (Å²) in [5, 5.41) is 13.7. The van der Waals surface area contributed by atoms with Gasteiger partial charge in [-0.3, -0.25) is 0 Å². The highest BCUT2D eigenvalue weighted by Gasteiger charge is 2.12. The number of aromatic nitrogens is 3. The van der Waals surface area contributed by atoms with E-state index in [9.17, 15) is 4.79 Å². The molecule has 0 unspecified atom stereocenters. The minimum atomic E-state index is -0.207. The molecule has 0 fully saturated rings. The molecule has 1 heterocycles. The Kier molecular flexibility index (Phi) is 4.70. The van der Waals surface area contributed by atoms with Crippen LogP contribution in [-0.4, -0.2) is 27.3 Å². The molecule has 1 aromatic carbocycles. The van der Waals surface area contributed by atoms with Crippen LogP contribution in [0.4, 0.5) is 10.5 Å². The van der Waals surface area contributed by atoms with Gasteiger partial charge in [0.25, 0.3) is 0 Å². The number of aryl methyl sites for hydroxylation is 1. The molecule has 2 N–H and O–H groups in total. The first-order valence-corrected chi connectivity index (χ1v) is 6.78. The highest BCUT2D eigenvalue weighted by molar-refractivity contribution is 5.93. The average molecular weight is 273 g/mol. The van der Waals surface area contributed by atoms with Crippen molar-refractivity contribution in [3.05, 3.63) is 30.6 Å². The zero-order chi connectivity index (χ0) is 14.4. The summed E-state index contributed by atoms with van der Waals surface area (Å²) in [6.07, 6.45) is 2.59. The predicted molar refractivity (Wildman–Crippen MR) is 78.4 cm³/mol. The monoisotopic (exact) mass is 273 g/mol. The van der Waals surface area contributed by atoms with Crippen LogP contribution in [0.15, 0.2) is 30.6 Å². The van der Waals surface area contributed by atoms with E-state index >= 15 is 0 Å². The van der Waals surface area contributed by atoms with Gasteiger partial charge in [0.1, 0.15) is 6.33 Å². The van der Waals surface area contributed by atoms with Gasteiger partial charge in [-0.15, -0.1) is 10.2 Å². The second kappa shape index (κ2) is 6.70. The lowest BCUT2D eigenvalue weighted by Crippen LogP contribution is -2.29. The number of amides is 2. The van der Waals surface area contributed by atoms with Crippen LogP contribution in [0.2, 0.25) is 0 Å². The van der Waals surface area contributed by atoms with Gasteiger partial charge in [-0.2, -0.15) is 0 Å². The molecular weight excluding hydrogens is 254 g/mol. The van der Waals surface area contributed by atoms with Crippen LogP contribution >= 0.6 is 0 Å². The fourth-order valence-electron chi connectivity index (χ4n) is 1.89. The zero-order valence-electron chi connectivity index (χ0n) is 11.8. The quantitative estimate of drug-likeness (QED) is 0.879. The van der Waals surface area contributed by atoms with Crippen molar-refractivity contribution >= 4 is 11.7 Å². The standard InChI is InChI=1S/C14H19N5O/c1-3-9-15-14(20)17-12-8-6-5-7-11(12)13-18-16-10-19(13)4-2/h5-8,10H,3-4,9H2,1-2H3,(H2,15,17,20). The number of carbonyl (C=O) groups is 1. The van der Waals surface area contributed by atoms with Gasteiger partial charge in [-0.1, -0.05) is 19.1 Å². The normalized spacial score (nSPS) is 10.3. The van der Waals surface area contributed by atoms with Crippen molar-refractivity contribution in [3.63, 3.8) is 0 Å². The van der Waals surface area contributed by atoms with Crippen LogP contribution in [0.5, 0.6) is 0 Å². The van der Waals surface area contributed by atoms with Gasteiger partial charge >= 0.3 is 6.03 Å². The highest BCUT2D eigenvalue weighted by Crippen LogP contribution is 2.25. The molecular formula is C14H19N5O. The van der Waals surface area contributed by atoms with E-state index in [2.05, 4.69) is 20.8 Å². The summed E-state index contributed by atoms with van der Waals surface area (Å²) in [6.45, 7) is 5.46. The Morgan fingerprint density at radius 3 is 2.85 bits per heavy atom. The van der Waals surface area contributed by atoms with E-state index in [-0.39, 0.29) is 6.03 Å². The van der Waals surface area contributed by atoms with E-state index in [1.54, 1.807) is 6.33 Å². The van der Waals surface area contributed by atoms with Crippen molar-refractivity contribution < 1.29 is 4.79 Å². The first-order valence-electron chi connectivity index (χ1n) is 6.78.